The molecule has 264 valence electrons. The van der Waals surface area contributed by atoms with Crippen molar-refractivity contribution in [1.82, 2.24) is 9.61 Å². The number of aromatic nitrogens is 2. The lowest BCUT2D eigenvalue weighted by Crippen LogP contribution is -1.96. The van der Waals surface area contributed by atoms with Gasteiger partial charge >= 0.3 is 0 Å². The molecular formula is C51H34N4O. The van der Waals surface area contributed by atoms with E-state index < -0.39 is 0 Å². The maximum absolute atomic E-state index is 9.04. The summed E-state index contributed by atoms with van der Waals surface area (Å²) in [7, 11) is 0. The number of hydrogen-bond acceptors (Lipinski definition) is 4. The van der Waals surface area contributed by atoms with Crippen molar-refractivity contribution in [2.75, 3.05) is 0 Å². The minimum absolute atomic E-state index is 0.376. The molecule has 0 saturated carbocycles. The van der Waals surface area contributed by atoms with Crippen LogP contribution in [0, 0.1) is 5.41 Å². The quantitative estimate of drug-likeness (QED) is 0.159. The van der Waals surface area contributed by atoms with E-state index in [1.54, 1.807) is 0 Å². The van der Waals surface area contributed by atoms with Gasteiger partial charge in [-0.3, -0.25) is 4.99 Å². The van der Waals surface area contributed by atoms with Crippen molar-refractivity contribution >= 4 is 55.9 Å². The standard InChI is InChI=1S/C51H34N4O/c52-43(35-15-4-1-5-16-35)32-44(41-24-14-26-47-49(41)42-23-12-13-25-46(42)56-47)53-33-34-27-29-37(30-28-34)48-50(38-19-8-3-9-20-38)54-55-45(36-17-6-2-7-18-36)31-39-21-10-11-22-40(39)51(48)55/h1-33,52H/b44-32-,52-43?,53-33?. The topological polar surface area (TPSA) is 66.7 Å². The Balaban J connectivity index is 1.11. The molecule has 0 unspecified atom stereocenters. The van der Waals surface area contributed by atoms with Gasteiger partial charge in [0.05, 0.1) is 22.6 Å². The van der Waals surface area contributed by atoms with Crippen molar-refractivity contribution in [2.45, 2.75) is 0 Å². The molecule has 0 radical (unpaired) electrons. The van der Waals surface area contributed by atoms with Crippen LogP contribution in [0.1, 0.15) is 16.7 Å². The molecule has 0 aliphatic heterocycles. The zero-order valence-corrected chi connectivity index (χ0v) is 30.3. The van der Waals surface area contributed by atoms with Crippen LogP contribution < -0.4 is 0 Å². The highest BCUT2D eigenvalue weighted by molar-refractivity contribution is 6.15. The van der Waals surface area contributed by atoms with Crippen LogP contribution in [0.5, 0.6) is 0 Å². The second-order valence-electron chi connectivity index (χ2n) is 13.8. The summed E-state index contributed by atoms with van der Waals surface area (Å²) in [5.41, 5.74) is 12.6. The van der Waals surface area contributed by atoms with Crippen LogP contribution in [0.4, 0.5) is 0 Å². The summed E-state index contributed by atoms with van der Waals surface area (Å²) >= 11 is 0. The number of furan rings is 1. The van der Waals surface area contributed by atoms with Crippen LogP contribution in [0.3, 0.4) is 0 Å². The zero-order chi connectivity index (χ0) is 37.4. The number of benzene rings is 7. The Hall–Kier alpha value is -7.63. The highest BCUT2D eigenvalue weighted by atomic mass is 16.3. The minimum atomic E-state index is 0.376. The largest absolute Gasteiger partial charge is 0.456 e. The molecule has 5 nitrogen and oxygen atoms in total. The molecule has 0 saturated heterocycles. The molecule has 1 N–H and O–H groups in total. The molecule has 3 aromatic heterocycles. The third kappa shape index (κ3) is 5.88. The van der Waals surface area contributed by atoms with E-state index in [9.17, 15) is 0 Å². The van der Waals surface area contributed by atoms with E-state index in [-0.39, 0.29) is 0 Å². The minimum Gasteiger partial charge on any atom is -0.456 e. The van der Waals surface area contributed by atoms with Crippen molar-refractivity contribution < 1.29 is 4.42 Å². The lowest BCUT2D eigenvalue weighted by atomic mass is 9.96. The Kier molecular flexibility index (Phi) is 8.23. The number of rotatable bonds is 8. The van der Waals surface area contributed by atoms with Gasteiger partial charge in [-0.25, -0.2) is 4.52 Å². The van der Waals surface area contributed by atoms with Gasteiger partial charge in [0.2, 0.25) is 0 Å². The van der Waals surface area contributed by atoms with Gasteiger partial charge in [-0.1, -0.05) is 170 Å². The van der Waals surface area contributed by atoms with E-state index in [2.05, 4.69) is 120 Å². The van der Waals surface area contributed by atoms with Crippen LogP contribution in [0.15, 0.2) is 204 Å². The maximum atomic E-state index is 9.04. The maximum Gasteiger partial charge on any atom is 0.136 e. The number of nitrogens with zero attached hydrogens (tertiary/aromatic N) is 3. The van der Waals surface area contributed by atoms with Crippen LogP contribution in [0.2, 0.25) is 0 Å². The molecule has 0 spiro atoms. The number of para-hydroxylation sites is 1. The second kappa shape index (κ2) is 14.0. The monoisotopic (exact) mass is 718 g/mol. The van der Waals surface area contributed by atoms with Crippen LogP contribution in [-0.2, 0) is 0 Å². The Labute approximate surface area is 323 Å². The molecule has 0 fully saturated rings. The predicted molar refractivity (Wildman–Crippen MR) is 232 cm³/mol. The number of fused-ring (bicyclic) bond motifs is 6. The Morgan fingerprint density at radius 1 is 0.589 bits per heavy atom. The van der Waals surface area contributed by atoms with Crippen LogP contribution in [0.25, 0.3) is 77.6 Å². The molecule has 7 aromatic carbocycles. The molecule has 3 heterocycles. The van der Waals surface area contributed by atoms with Crippen LogP contribution in [-0.4, -0.2) is 21.5 Å². The summed E-state index contributed by atoms with van der Waals surface area (Å²) < 4.78 is 8.35. The van der Waals surface area contributed by atoms with E-state index in [1.807, 2.05) is 85.1 Å². The molecule has 0 amide bonds. The lowest BCUT2D eigenvalue weighted by molar-refractivity contribution is 0.669. The zero-order valence-electron chi connectivity index (χ0n) is 30.3. The van der Waals surface area contributed by atoms with E-state index in [0.717, 1.165) is 88.6 Å². The van der Waals surface area contributed by atoms with Gasteiger partial charge < -0.3 is 9.83 Å². The number of aliphatic imine (C=N–C) groups is 1. The Morgan fingerprint density at radius 3 is 2.00 bits per heavy atom. The Morgan fingerprint density at radius 2 is 1.23 bits per heavy atom. The average Bonchev–Trinajstić information content (AvgIpc) is 3.86. The van der Waals surface area contributed by atoms with Gasteiger partial charge in [-0.15, -0.1) is 0 Å². The molecule has 0 atom stereocenters. The van der Waals surface area contributed by atoms with E-state index in [0.29, 0.717) is 11.4 Å². The van der Waals surface area contributed by atoms with Crippen molar-refractivity contribution in [1.29, 1.82) is 5.41 Å². The fourth-order valence-electron chi connectivity index (χ4n) is 7.66. The van der Waals surface area contributed by atoms with E-state index in [4.69, 9.17) is 19.9 Å². The molecule has 10 aromatic rings. The highest BCUT2D eigenvalue weighted by Crippen LogP contribution is 2.41. The molecule has 0 aliphatic carbocycles. The third-order valence-corrected chi connectivity index (χ3v) is 10.3. The normalized spacial score (nSPS) is 12.0. The molecular weight excluding hydrogens is 685 g/mol. The SMILES string of the molecule is N=C(/C=C(\N=Cc1ccc(-c2c(-c3ccccc3)nn3c(-c4ccccc4)cc4ccccc4c23)cc1)c1cccc2oc3ccccc3c12)c1ccccc1. The third-order valence-electron chi connectivity index (χ3n) is 10.3. The second-order valence-corrected chi connectivity index (χ2v) is 13.8. The summed E-state index contributed by atoms with van der Waals surface area (Å²) in [6, 6.07) is 64.0. The molecule has 0 aliphatic rings. The van der Waals surface area contributed by atoms with Gasteiger partial charge in [-0.05, 0) is 46.4 Å². The van der Waals surface area contributed by atoms with Gasteiger partial charge in [0.25, 0.3) is 0 Å². The van der Waals surface area contributed by atoms with Crippen LogP contribution >= 0.6 is 0 Å². The number of nitrogens with one attached hydrogen (secondary N) is 1. The smallest absolute Gasteiger partial charge is 0.136 e. The first-order valence-electron chi connectivity index (χ1n) is 18.7. The number of allylic oxidation sites excluding steroid dienone is 1. The fraction of sp³-hybridized carbons (Fsp3) is 0. The van der Waals surface area contributed by atoms with Crippen molar-refractivity contribution in [3.05, 3.63) is 211 Å². The summed E-state index contributed by atoms with van der Waals surface area (Å²) in [6.45, 7) is 0. The highest BCUT2D eigenvalue weighted by Gasteiger charge is 2.21. The van der Waals surface area contributed by atoms with Gasteiger partial charge in [0.1, 0.15) is 16.9 Å². The van der Waals surface area contributed by atoms with E-state index >= 15 is 0 Å². The summed E-state index contributed by atoms with van der Waals surface area (Å²) in [6.07, 6.45) is 3.73. The first-order chi connectivity index (χ1) is 27.7. The number of pyridine rings is 1. The Bertz CT molecular complexity index is 3120. The fourth-order valence-corrected chi connectivity index (χ4v) is 7.66. The van der Waals surface area contributed by atoms with Crippen molar-refractivity contribution in [3.8, 4) is 33.6 Å². The van der Waals surface area contributed by atoms with Crippen molar-refractivity contribution in [2.24, 2.45) is 4.99 Å². The summed E-state index contributed by atoms with van der Waals surface area (Å²) in [5.74, 6) is 0. The molecule has 56 heavy (non-hydrogen) atoms. The molecule has 0 bridgehead atoms. The van der Waals surface area contributed by atoms with Gasteiger partial charge in [0.15, 0.2) is 0 Å². The first kappa shape index (κ1) is 33.0. The summed E-state index contributed by atoms with van der Waals surface area (Å²) in [5, 5.41) is 18.7. The van der Waals surface area contributed by atoms with E-state index in [1.165, 1.54) is 0 Å². The molecule has 10 rings (SSSR count). The lowest BCUT2D eigenvalue weighted by Gasteiger charge is -2.11. The summed E-state index contributed by atoms with van der Waals surface area (Å²) in [4.78, 5) is 5.10. The first-order valence-corrected chi connectivity index (χ1v) is 18.7. The number of hydrogen-bond donors (Lipinski definition) is 1. The molecule has 5 heteroatoms. The van der Waals surface area contributed by atoms with Gasteiger partial charge in [0, 0.05) is 44.6 Å². The van der Waals surface area contributed by atoms with Crippen molar-refractivity contribution in [3.63, 3.8) is 0 Å². The average molecular weight is 719 g/mol. The predicted octanol–water partition coefficient (Wildman–Crippen LogP) is 12.9. The van der Waals surface area contributed by atoms with Gasteiger partial charge in [-0.2, -0.15) is 5.10 Å².